The van der Waals surface area contributed by atoms with Crippen LogP contribution in [0.1, 0.15) is 91.7 Å². The van der Waals surface area contributed by atoms with Crippen LogP contribution >= 0.6 is 0 Å². The Morgan fingerprint density at radius 3 is 2.07 bits per heavy atom. The maximum absolute atomic E-state index is 13.8. The molecule has 0 aromatic carbocycles. The Hall–Kier alpha value is -5.27. The number of carbonyl (C=O) groups is 7. The molecular weight excluding hydrogens is 740 g/mol. The minimum Gasteiger partial charge on any atom is -0.480 e. The summed E-state index contributed by atoms with van der Waals surface area (Å²) in [5, 5.41) is 26.4. The summed E-state index contributed by atoms with van der Waals surface area (Å²) in [5.74, 6) is -4.82. The number of guanidine groups is 1. The zero-order valence-corrected chi connectivity index (χ0v) is 33.6. The van der Waals surface area contributed by atoms with Crippen molar-refractivity contribution in [3.63, 3.8) is 0 Å². The predicted octanol–water partition coefficient (Wildman–Crippen LogP) is -1.63. The van der Waals surface area contributed by atoms with Gasteiger partial charge in [0.25, 0.3) is 0 Å². The molecular formula is C37H62N12O8. The summed E-state index contributed by atoms with van der Waals surface area (Å²) in [5.41, 5.74) is 11.4. The van der Waals surface area contributed by atoms with Crippen LogP contribution < -0.4 is 43.4 Å². The van der Waals surface area contributed by atoms with Gasteiger partial charge in [-0.3, -0.25) is 33.8 Å². The number of H-pyrrole nitrogens is 1. The number of carboxylic acid groups (broad SMARTS) is 1. The number of aliphatic imine (C=N–C) groups is 1. The number of rotatable bonds is 22. The van der Waals surface area contributed by atoms with Crippen molar-refractivity contribution >= 4 is 47.4 Å². The van der Waals surface area contributed by atoms with Crippen molar-refractivity contribution < 1.29 is 38.7 Å². The van der Waals surface area contributed by atoms with Gasteiger partial charge in [0.2, 0.25) is 35.4 Å². The van der Waals surface area contributed by atoms with Crippen LogP contribution in [0, 0.1) is 11.8 Å². The number of nitrogens with two attached hydrogens (primary N) is 2. The van der Waals surface area contributed by atoms with Crippen molar-refractivity contribution in [3.05, 3.63) is 18.2 Å². The molecule has 0 bridgehead atoms. The van der Waals surface area contributed by atoms with Gasteiger partial charge in [0.05, 0.1) is 12.4 Å². The standard InChI is InChI=1S/C37H62N12O8/c1-20(2)15-26(46-31(51)24-9-6-12-41-24)34(54)47-27(17-23-18-40-19-43-23)33(53)44-22(5)30(50)45-25(10-7-13-42-37(38)39)32(52)48-28(16-21(3)4)35(55)49-14-8-11-29(49)36(56)57/h18-22,24-29,41H,6-17H2,1-5H3,(H,40,43)(H,44,53)(H,45,50)(H,46,51)(H,47,54)(H,48,52)(H,56,57)(H4,38,39,42)/t22-,24-,25-,26-,27-,28-,29-/m0/s1. The van der Waals surface area contributed by atoms with Gasteiger partial charge >= 0.3 is 5.97 Å². The Balaban J connectivity index is 1.76. The monoisotopic (exact) mass is 802 g/mol. The second-order valence-electron chi connectivity index (χ2n) is 15.6. The molecule has 57 heavy (non-hydrogen) atoms. The van der Waals surface area contributed by atoms with Crippen molar-refractivity contribution in [1.82, 2.24) is 46.8 Å². The van der Waals surface area contributed by atoms with Crippen LogP contribution in [0.25, 0.3) is 0 Å². The van der Waals surface area contributed by atoms with Crippen molar-refractivity contribution in [2.45, 2.75) is 135 Å². The number of likely N-dealkylation sites (tertiary alicyclic amines) is 1. The second-order valence-corrected chi connectivity index (χ2v) is 15.6. The highest BCUT2D eigenvalue weighted by atomic mass is 16.4. The molecule has 2 saturated heterocycles. The van der Waals surface area contributed by atoms with Gasteiger partial charge in [-0.05, 0) is 76.7 Å². The van der Waals surface area contributed by atoms with Crippen molar-refractivity contribution in [1.29, 1.82) is 0 Å². The van der Waals surface area contributed by atoms with Gasteiger partial charge in [-0.25, -0.2) is 9.78 Å². The zero-order chi connectivity index (χ0) is 42.2. The summed E-state index contributed by atoms with van der Waals surface area (Å²) in [6.07, 6.45) is 6.05. The number of nitrogens with zero attached hydrogens (tertiary/aromatic N) is 3. The number of imidazole rings is 1. The number of aliphatic carboxylic acids is 1. The first kappa shape index (κ1) is 46.1. The lowest BCUT2D eigenvalue weighted by Crippen LogP contribution is -2.59. The molecule has 0 unspecified atom stereocenters. The molecule has 1 aromatic rings. The average Bonchev–Trinajstić information content (AvgIpc) is 3.95. The number of carboxylic acids is 1. The fraction of sp³-hybridized carbons (Fsp3) is 0.703. The minimum atomic E-state index is -1.21. The van der Waals surface area contributed by atoms with E-state index in [0.717, 1.165) is 6.42 Å². The Bertz CT molecular complexity index is 1560. The maximum Gasteiger partial charge on any atom is 0.326 e. The molecule has 0 aliphatic carbocycles. The maximum atomic E-state index is 13.8. The molecule has 20 nitrogen and oxygen atoms in total. The summed E-state index contributed by atoms with van der Waals surface area (Å²) >= 11 is 0. The lowest BCUT2D eigenvalue weighted by molar-refractivity contribution is -0.149. The summed E-state index contributed by atoms with van der Waals surface area (Å²) in [4.78, 5) is 105. The molecule has 3 heterocycles. The molecule has 0 spiro atoms. The minimum absolute atomic E-state index is 0.0146. The molecule has 12 N–H and O–H groups in total. The number of carbonyl (C=O) groups excluding carboxylic acids is 6. The second kappa shape index (κ2) is 22.5. The van der Waals surface area contributed by atoms with Gasteiger partial charge in [0.15, 0.2) is 5.96 Å². The van der Waals surface area contributed by atoms with Gasteiger partial charge in [-0.2, -0.15) is 0 Å². The third-order valence-electron chi connectivity index (χ3n) is 9.80. The smallest absolute Gasteiger partial charge is 0.326 e. The molecule has 3 rings (SSSR count). The average molecular weight is 803 g/mol. The Morgan fingerprint density at radius 1 is 0.842 bits per heavy atom. The van der Waals surface area contributed by atoms with Gasteiger partial charge < -0.3 is 58.4 Å². The van der Waals surface area contributed by atoms with E-state index in [0.29, 0.717) is 37.9 Å². The van der Waals surface area contributed by atoms with Crippen LogP contribution in [0.4, 0.5) is 0 Å². The first-order chi connectivity index (χ1) is 27.0. The topological polar surface area (TPSA) is 308 Å². The van der Waals surface area contributed by atoms with Crippen LogP contribution in [-0.2, 0) is 40.0 Å². The van der Waals surface area contributed by atoms with Gasteiger partial charge in [0, 0.05) is 31.4 Å². The van der Waals surface area contributed by atoms with Gasteiger partial charge in [0.1, 0.15) is 36.3 Å². The van der Waals surface area contributed by atoms with Crippen LogP contribution in [0.15, 0.2) is 17.5 Å². The van der Waals surface area contributed by atoms with E-state index in [9.17, 15) is 38.7 Å². The Morgan fingerprint density at radius 2 is 1.47 bits per heavy atom. The van der Waals surface area contributed by atoms with E-state index in [2.05, 4.69) is 46.9 Å². The van der Waals surface area contributed by atoms with Crippen LogP contribution in [0.3, 0.4) is 0 Å². The number of hydrogen-bond acceptors (Lipinski definition) is 10. The molecule has 7 atom stereocenters. The lowest BCUT2D eigenvalue weighted by Gasteiger charge is -2.30. The van der Waals surface area contributed by atoms with E-state index in [4.69, 9.17) is 11.5 Å². The highest BCUT2D eigenvalue weighted by molar-refractivity contribution is 5.97. The third kappa shape index (κ3) is 15.0. The van der Waals surface area contributed by atoms with Gasteiger partial charge in [-0.1, -0.05) is 27.7 Å². The van der Waals surface area contributed by atoms with Gasteiger partial charge in [-0.15, -0.1) is 0 Å². The number of aromatic amines is 1. The summed E-state index contributed by atoms with van der Waals surface area (Å²) in [6.45, 7) is 10.0. The summed E-state index contributed by atoms with van der Waals surface area (Å²) in [6, 6.07) is -6.99. The highest BCUT2D eigenvalue weighted by Crippen LogP contribution is 2.21. The first-order valence-corrected chi connectivity index (χ1v) is 19.8. The largest absolute Gasteiger partial charge is 0.480 e. The SMILES string of the molecule is CC(C)C[C@H](NC(=O)[C@@H]1CCCN1)C(=O)N[C@@H](Cc1cnc[nH]1)C(=O)N[C@@H](C)C(=O)N[C@@H](CCCN=C(N)N)C(=O)N[C@@H](CC(C)C)C(=O)N1CCC[C@H]1C(=O)O. The fourth-order valence-electron chi connectivity index (χ4n) is 6.88. The Labute approximate surface area is 333 Å². The van der Waals surface area contributed by atoms with Crippen molar-refractivity contribution in [2.24, 2.45) is 28.3 Å². The van der Waals surface area contributed by atoms with Crippen LogP contribution in [-0.4, -0.2) is 129 Å². The molecule has 20 heteroatoms. The lowest BCUT2D eigenvalue weighted by atomic mass is 10.0. The van der Waals surface area contributed by atoms with E-state index in [1.165, 1.54) is 24.3 Å². The van der Waals surface area contributed by atoms with Crippen LogP contribution in [0.2, 0.25) is 0 Å². The number of nitrogens with one attached hydrogen (secondary N) is 7. The fourth-order valence-corrected chi connectivity index (χ4v) is 6.88. The summed E-state index contributed by atoms with van der Waals surface area (Å²) in [7, 11) is 0. The third-order valence-corrected chi connectivity index (χ3v) is 9.80. The molecule has 318 valence electrons. The molecule has 2 aliphatic heterocycles. The molecule has 6 amide bonds. The molecule has 2 fully saturated rings. The molecule has 1 aromatic heterocycles. The summed E-state index contributed by atoms with van der Waals surface area (Å²) < 4.78 is 0. The van der Waals surface area contributed by atoms with E-state index in [1.54, 1.807) is 0 Å². The number of aromatic nitrogens is 2. The molecule has 0 saturated carbocycles. The van der Waals surface area contributed by atoms with E-state index < -0.39 is 77.8 Å². The van der Waals surface area contributed by atoms with Crippen molar-refractivity contribution in [2.75, 3.05) is 19.6 Å². The Kier molecular flexibility index (Phi) is 18.2. The highest BCUT2D eigenvalue weighted by Gasteiger charge is 2.39. The molecule has 2 aliphatic rings. The van der Waals surface area contributed by atoms with E-state index in [-0.39, 0.29) is 62.5 Å². The first-order valence-electron chi connectivity index (χ1n) is 19.8. The zero-order valence-electron chi connectivity index (χ0n) is 33.6. The molecule has 0 radical (unpaired) electrons. The predicted molar refractivity (Wildman–Crippen MR) is 210 cm³/mol. The quantitative estimate of drug-likeness (QED) is 0.0359. The number of hydrogen-bond donors (Lipinski definition) is 10. The number of amides is 6. The van der Waals surface area contributed by atoms with Crippen molar-refractivity contribution in [3.8, 4) is 0 Å². The van der Waals surface area contributed by atoms with Crippen LogP contribution in [0.5, 0.6) is 0 Å². The normalized spacial score (nSPS) is 19.2. The van der Waals surface area contributed by atoms with E-state index >= 15 is 0 Å². The van der Waals surface area contributed by atoms with E-state index in [1.807, 2.05) is 27.7 Å².